The lowest BCUT2D eigenvalue weighted by Gasteiger charge is -2.07. The summed E-state index contributed by atoms with van der Waals surface area (Å²) in [5, 5.41) is 9.24. The fourth-order valence-electron chi connectivity index (χ4n) is 1.27. The lowest BCUT2D eigenvalue weighted by atomic mass is 10.2. The van der Waals surface area contributed by atoms with Gasteiger partial charge < -0.3 is 4.74 Å². The number of halogens is 1. The number of rotatable bonds is 2. The van der Waals surface area contributed by atoms with Crippen molar-refractivity contribution in [1.82, 2.24) is 9.97 Å². The summed E-state index contributed by atoms with van der Waals surface area (Å²) >= 11 is 5.84. The molecule has 0 aliphatic heterocycles. The van der Waals surface area contributed by atoms with Crippen LogP contribution in [0.4, 0.5) is 0 Å². The van der Waals surface area contributed by atoms with E-state index in [1.807, 2.05) is 13.0 Å². The Bertz CT molecular complexity index is 575. The molecule has 1 aromatic carbocycles. The van der Waals surface area contributed by atoms with Gasteiger partial charge in [-0.3, -0.25) is 0 Å². The first-order valence-corrected chi connectivity index (χ1v) is 5.23. The number of nitrogens with zero attached hydrogens (tertiary/aromatic N) is 3. The van der Waals surface area contributed by atoms with E-state index in [4.69, 9.17) is 21.6 Å². The normalized spacial score (nSPS) is 9.71. The van der Waals surface area contributed by atoms with Gasteiger partial charge in [-0.1, -0.05) is 11.6 Å². The molecule has 0 N–H and O–H groups in total. The van der Waals surface area contributed by atoms with Gasteiger partial charge in [0.15, 0.2) is 5.69 Å². The molecule has 0 saturated heterocycles. The fraction of sp³-hybridized carbons (Fsp3) is 0.0833. The Morgan fingerprint density at radius 1 is 1.29 bits per heavy atom. The van der Waals surface area contributed by atoms with Crippen LogP contribution in [-0.2, 0) is 0 Å². The molecule has 0 fully saturated rings. The molecule has 84 valence electrons. The Morgan fingerprint density at radius 2 is 2.12 bits per heavy atom. The van der Waals surface area contributed by atoms with Crippen LogP contribution in [0.25, 0.3) is 0 Å². The molecule has 17 heavy (non-hydrogen) atoms. The van der Waals surface area contributed by atoms with E-state index in [1.165, 1.54) is 12.4 Å². The number of hydrogen-bond donors (Lipinski definition) is 0. The molecule has 2 aromatic rings. The monoisotopic (exact) mass is 245 g/mol. The Kier molecular flexibility index (Phi) is 3.22. The van der Waals surface area contributed by atoms with Gasteiger partial charge in [0.05, 0.1) is 12.4 Å². The first-order valence-electron chi connectivity index (χ1n) is 4.85. The standard InChI is InChI=1S/C12H8ClN3O/c1-8-4-9(13)2-3-11(8)17-12-7-15-10(5-14)6-16-12/h2-4,6-7H,1H3. The summed E-state index contributed by atoms with van der Waals surface area (Å²) in [6.45, 7) is 1.89. The summed E-state index contributed by atoms with van der Waals surface area (Å²) < 4.78 is 5.52. The van der Waals surface area contributed by atoms with Crippen LogP contribution in [0.2, 0.25) is 5.02 Å². The minimum atomic E-state index is 0.255. The number of aryl methyl sites for hydroxylation is 1. The molecule has 0 unspecified atom stereocenters. The second-order valence-electron chi connectivity index (χ2n) is 3.36. The smallest absolute Gasteiger partial charge is 0.237 e. The predicted octanol–water partition coefficient (Wildman–Crippen LogP) is 3.10. The van der Waals surface area contributed by atoms with E-state index in [1.54, 1.807) is 18.2 Å². The van der Waals surface area contributed by atoms with E-state index in [-0.39, 0.29) is 5.69 Å². The average Bonchev–Trinajstić information content (AvgIpc) is 2.34. The van der Waals surface area contributed by atoms with Crippen molar-refractivity contribution < 1.29 is 4.74 Å². The first kappa shape index (κ1) is 11.4. The molecule has 5 heteroatoms. The lowest BCUT2D eigenvalue weighted by molar-refractivity contribution is 0.456. The third kappa shape index (κ3) is 2.71. The summed E-state index contributed by atoms with van der Waals surface area (Å²) in [5.74, 6) is 1.00. The van der Waals surface area contributed by atoms with Crippen molar-refractivity contribution in [2.45, 2.75) is 6.92 Å². The molecule has 0 saturated carbocycles. The second kappa shape index (κ2) is 4.81. The number of ether oxygens (including phenoxy) is 1. The van der Waals surface area contributed by atoms with Crippen molar-refractivity contribution in [3.8, 4) is 17.7 Å². The van der Waals surface area contributed by atoms with Gasteiger partial charge in [-0.25, -0.2) is 9.97 Å². The van der Waals surface area contributed by atoms with Crippen LogP contribution < -0.4 is 4.74 Å². The fourth-order valence-corrected chi connectivity index (χ4v) is 1.49. The molecule has 4 nitrogen and oxygen atoms in total. The minimum Gasteiger partial charge on any atom is -0.437 e. The van der Waals surface area contributed by atoms with Crippen LogP contribution in [0.15, 0.2) is 30.6 Å². The third-order valence-electron chi connectivity index (χ3n) is 2.09. The maximum Gasteiger partial charge on any atom is 0.237 e. The van der Waals surface area contributed by atoms with E-state index >= 15 is 0 Å². The number of benzene rings is 1. The zero-order valence-corrected chi connectivity index (χ0v) is 9.77. The van der Waals surface area contributed by atoms with E-state index in [2.05, 4.69) is 9.97 Å². The van der Waals surface area contributed by atoms with Crippen LogP contribution >= 0.6 is 11.6 Å². The molecule has 0 aliphatic rings. The van der Waals surface area contributed by atoms with Gasteiger partial charge in [0.1, 0.15) is 11.8 Å². The Morgan fingerprint density at radius 3 is 2.71 bits per heavy atom. The molecular formula is C12H8ClN3O. The van der Waals surface area contributed by atoms with Gasteiger partial charge in [-0.15, -0.1) is 0 Å². The third-order valence-corrected chi connectivity index (χ3v) is 2.33. The first-order chi connectivity index (χ1) is 8.19. The van der Waals surface area contributed by atoms with Crippen molar-refractivity contribution in [3.63, 3.8) is 0 Å². The van der Waals surface area contributed by atoms with Crippen molar-refractivity contribution in [2.75, 3.05) is 0 Å². The molecule has 2 rings (SSSR count). The molecule has 1 heterocycles. The quantitative estimate of drug-likeness (QED) is 0.816. The van der Waals surface area contributed by atoms with Gasteiger partial charge in [0.2, 0.25) is 5.88 Å². The zero-order valence-electron chi connectivity index (χ0n) is 9.01. The van der Waals surface area contributed by atoms with Crippen molar-refractivity contribution in [1.29, 1.82) is 5.26 Å². The Balaban J connectivity index is 2.23. The summed E-state index contributed by atoms with van der Waals surface area (Å²) in [6, 6.07) is 7.19. The number of hydrogen-bond acceptors (Lipinski definition) is 4. The van der Waals surface area contributed by atoms with Crippen LogP contribution in [0.3, 0.4) is 0 Å². The van der Waals surface area contributed by atoms with Gasteiger partial charge >= 0.3 is 0 Å². The Hall–Kier alpha value is -2.12. The maximum atomic E-state index is 8.58. The van der Waals surface area contributed by atoms with Crippen molar-refractivity contribution >= 4 is 11.6 Å². The van der Waals surface area contributed by atoms with E-state index in [0.717, 1.165) is 5.56 Å². The highest BCUT2D eigenvalue weighted by Gasteiger charge is 2.03. The van der Waals surface area contributed by atoms with Gasteiger partial charge in [0.25, 0.3) is 0 Å². The maximum absolute atomic E-state index is 8.58. The zero-order chi connectivity index (χ0) is 12.3. The summed E-state index contributed by atoms with van der Waals surface area (Å²) in [5.41, 5.74) is 1.16. The molecule has 0 spiro atoms. The van der Waals surface area contributed by atoms with E-state index < -0.39 is 0 Å². The highest BCUT2D eigenvalue weighted by molar-refractivity contribution is 6.30. The lowest BCUT2D eigenvalue weighted by Crippen LogP contribution is -1.92. The Labute approximate surface area is 103 Å². The van der Waals surface area contributed by atoms with Crippen LogP contribution in [0.1, 0.15) is 11.3 Å². The van der Waals surface area contributed by atoms with Crippen LogP contribution in [-0.4, -0.2) is 9.97 Å². The highest BCUT2D eigenvalue weighted by Crippen LogP contribution is 2.25. The van der Waals surface area contributed by atoms with Crippen LogP contribution in [0.5, 0.6) is 11.6 Å². The van der Waals surface area contributed by atoms with Gasteiger partial charge in [-0.05, 0) is 30.7 Å². The second-order valence-corrected chi connectivity index (χ2v) is 3.80. The number of nitriles is 1. The predicted molar refractivity (Wildman–Crippen MR) is 63.0 cm³/mol. The van der Waals surface area contributed by atoms with E-state index in [0.29, 0.717) is 16.7 Å². The van der Waals surface area contributed by atoms with Gasteiger partial charge in [0, 0.05) is 5.02 Å². The molecule has 0 aliphatic carbocycles. The van der Waals surface area contributed by atoms with E-state index in [9.17, 15) is 0 Å². The average molecular weight is 246 g/mol. The largest absolute Gasteiger partial charge is 0.437 e. The molecule has 1 aromatic heterocycles. The summed E-state index contributed by atoms with van der Waals surface area (Å²) in [6.07, 6.45) is 2.77. The topological polar surface area (TPSA) is 58.8 Å². The molecule has 0 atom stereocenters. The SMILES string of the molecule is Cc1cc(Cl)ccc1Oc1cnc(C#N)cn1. The van der Waals surface area contributed by atoms with Crippen LogP contribution in [0, 0.1) is 18.3 Å². The number of aromatic nitrogens is 2. The molecular weight excluding hydrogens is 238 g/mol. The molecule has 0 bridgehead atoms. The van der Waals surface area contributed by atoms with Gasteiger partial charge in [-0.2, -0.15) is 5.26 Å². The minimum absolute atomic E-state index is 0.255. The summed E-state index contributed by atoms with van der Waals surface area (Å²) in [7, 11) is 0. The highest BCUT2D eigenvalue weighted by atomic mass is 35.5. The van der Waals surface area contributed by atoms with Crippen molar-refractivity contribution in [3.05, 3.63) is 46.9 Å². The molecule has 0 amide bonds. The molecule has 0 radical (unpaired) electrons. The van der Waals surface area contributed by atoms with Crippen molar-refractivity contribution in [2.24, 2.45) is 0 Å². The summed E-state index contributed by atoms with van der Waals surface area (Å²) in [4.78, 5) is 7.83.